The maximum atomic E-state index is 11.6. The third-order valence-corrected chi connectivity index (χ3v) is 2.75. The number of nitrogens with two attached hydrogens (primary N) is 1. The van der Waals surface area contributed by atoms with Gasteiger partial charge in [-0.3, -0.25) is 14.8 Å². The summed E-state index contributed by atoms with van der Waals surface area (Å²) in [4.78, 5) is 26.9. The van der Waals surface area contributed by atoms with E-state index in [9.17, 15) is 9.59 Å². The summed E-state index contributed by atoms with van der Waals surface area (Å²) < 4.78 is 0. The van der Waals surface area contributed by atoms with Gasteiger partial charge in [0.2, 0.25) is 0 Å². The molecule has 1 aromatic heterocycles. The lowest BCUT2D eigenvalue weighted by molar-refractivity contribution is 0.924. The lowest BCUT2D eigenvalue weighted by Crippen LogP contribution is -2.33. The van der Waals surface area contributed by atoms with Gasteiger partial charge in [-0.05, 0) is 17.8 Å². The van der Waals surface area contributed by atoms with Crippen LogP contribution in [-0.4, -0.2) is 15.1 Å². The predicted octanol–water partition coefficient (Wildman–Crippen LogP) is 0.132. The van der Waals surface area contributed by atoms with Crippen LogP contribution < -0.4 is 27.6 Å². The molecule has 0 aliphatic carbocycles. The molecular weight excluding hydrogens is 278 g/mol. The van der Waals surface area contributed by atoms with Crippen LogP contribution in [0, 0.1) is 0 Å². The monoisotopic (exact) mass is 291 g/mol. The molecule has 0 saturated heterocycles. The number of nitrogen functional groups attached to an aromatic ring is 1. The normalized spacial score (nSPS) is 10.0. The first-order chi connectivity index (χ1) is 9.56. The summed E-state index contributed by atoms with van der Waals surface area (Å²) in [7, 11) is 0. The van der Waals surface area contributed by atoms with Crippen molar-refractivity contribution in [2.24, 2.45) is 0 Å². The van der Waals surface area contributed by atoms with E-state index < -0.39 is 11.2 Å². The fourth-order valence-electron chi connectivity index (χ4n) is 1.56. The Hall–Kier alpha value is -2.61. The summed E-state index contributed by atoms with van der Waals surface area (Å²) in [5.41, 5.74) is 5.31. The Morgan fingerprint density at radius 3 is 2.55 bits per heavy atom. The van der Waals surface area contributed by atoms with Crippen molar-refractivity contribution >= 4 is 28.8 Å². The molecule has 1 heterocycles. The van der Waals surface area contributed by atoms with Crippen LogP contribution in [-0.2, 0) is 6.54 Å². The Balaban J connectivity index is 2.02. The van der Waals surface area contributed by atoms with Crippen LogP contribution in [0.25, 0.3) is 0 Å². The average Bonchev–Trinajstić information content (AvgIpc) is 2.42. The minimum Gasteiger partial charge on any atom is -0.383 e. The molecule has 104 valence electrons. The largest absolute Gasteiger partial charge is 0.383 e. The van der Waals surface area contributed by atoms with Gasteiger partial charge in [-0.1, -0.05) is 30.3 Å². The fourth-order valence-corrected chi connectivity index (χ4v) is 1.74. The van der Waals surface area contributed by atoms with Gasteiger partial charge in [0.1, 0.15) is 11.5 Å². The Kier molecular flexibility index (Phi) is 4.16. The molecule has 0 spiro atoms. The Labute approximate surface area is 119 Å². The minimum absolute atomic E-state index is 0.00941. The molecule has 2 rings (SSSR count). The first-order valence-electron chi connectivity index (χ1n) is 5.77. The van der Waals surface area contributed by atoms with E-state index in [2.05, 4.69) is 20.6 Å². The van der Waals surface area contributed by atoms with E-state index in [1.54, 1.807) is 0 Å². The van der Waals surface area contributed by atoms with E-state index in [0.29, 0.717) is 6.54 Å². The number of hydrogen-bond donors (Lipinski definition) is 5. The highest BCUT2D eigenvalue weighted by Gasteiger charge is 2.08. The molecule has 7 nitrogen and oxygen atoms in total. The number of aromatic amines is 2. The van der Waals surface area contributed by atoms with Crippen molar-refractivity contribution < 1.29 is 0 Å². The average molecular weight is 291 g/mol. The molecule has 0 bridgehead atoms. The molecule has 0 fully saturated rings. The van der Waals surface area contributed by atoms with Crippen LogP contribution in [0.1, 0.15) is 5.56 Å². The number of rotatable bonds is 3. The highest BCUT2D eigenvalue weighted by molar-refractivity contribution is 7.80. The Bertz CT molecular complexity index is 723. The van der Waals surface area contributed by atoms with E-state index in [0.717, 1.165) is 5.56 Å². The summed E-state index contributed by atoms with van der Waals surface area (Å²) in [5.74, 6) is -0.0670. The highest BCUT2D eigenvalue weighted by atomic mass is 32.1. The van der Waals surface area contributed by atoms with Crippen molar-refractivity contribution in [1.82, 2.24) is 15.3 Å². The number of hydrogen-bond acceptors (Lipinski definition) is 4. The maximum Gasteiger partial charge on any atom is 0.327 e. The number of anilines is 2. The molecular formula is C12H13N5O2S. The van der Waals surface area contributed by atoms with Gasteiger partial charge in [0.05, 0.1) is 0 Å². The zero-order valence-corrected chi connectivity index (χ0v) is 11.2. The molecule has 0 amide bonds. The molecule has 0 radical (unpaired) electrons. The molecule has 0 aliphatic heterocycles. The van der Waals surface area contributed by atoms with Gasteiger partial charge >= 0.3 is 5.69 Å². The van der Waals surface area contributed by atoms with Crippen LogP contribution in [0.5, 0.6) is 0 Å². The molecule has 20 heavy (non-hydrogen) atoms. The molecule has 6 N–H and O–H groups in total. The van der Waals surface area contributed by atoms with E-state index in [-0.39, 0.29) is 16.6 Å². The van der Waals surface area contributed by atoms with Gasteiger partial charge < -0.3 is 16.4 Å². The topological polar surface area (TPSA) is 116 Å². The van der Waals surface area contributed by atoms with Gasteiger partial charge in [0, 0.05) is 6.54 Å². The molecule has 1 aromatic carbocycles. The quantitative estimate of drug-likeness (QED) is 0.513. The summed E-state index contributed by atoms with van der Waals surface area (Å²) in [6, 6.07) is 9.63. The first-order valence-corrected chi connectivity index (χ1v) is 6.18. The van der Waals surface area contributed by atoms with Crippen molar-refractivity contribution in [1.29, 1.82) is 0 Å². The smallest absolute Gasteiger partial charge is 0.327 e. The molecule has 0 unspecified atom stereocenters. The van der Waals surface area contributed by atoms with Gasteiger partial charge in [-0.25, -0.2) is 4.79 Å². The zero-order valence-electron chi connectivity index (χ0n) is 10.4. The summed E-state index contributed by atoms with van der Waals surface area (Å²) in [5, 5.41) is 5.83. The van der Waals surface area contributed by atoms with Crippen molar-refractivity contribution in [3.8, 4) is 0 Å². The van der Waals surface area contributed by atoms with Crippen LogP contribution in [0.2, 0.25) is 0 Å². The van der Waals surface area contributed by atoms with Crippen LogP contribution in [0.3, 0.4) is 0 Å². The standard InChI is InChI=1S/C12H13N5O2S/c13-9-8(10(18)17-11(19)16-9)15-12(20)14-6-7-4-2-1-3-5-7/h1-5H,6H2,(H2,14,15,20)(H4,13,16,17,18,19). The summed E-state index contributed by atoms with van der Waals surface area (Å²) >= 11 is 5.06. The van der Waals surface area contributed by atoms with Crippen molar-refractivity contribution in [3.05, 3.63) is 56.7 Å². The number of nitrogens with one attached hydrogen (secondary N) is 4. The number of thiocarbonyl (C=S) groups is 1. The van der Waals surface area contributed by atoms with Gasteiger partial charge in [-0.2, -0.15) is 0 Å². The molecule has 0 saturated carbocycles. The van der Waals surface area contributed by atoms with Crippen LogP contribution >= 0.6 is 12.2 Å². The lowest BCUT2D eigenvalue weighted by atomic mass is 10.2. The van der Waals surface area contributed by atoms with Crippen LogP contribution in [0.4, 0.5) is 11.5 Å². The fraction of sp³-hybridized carbons (Fsp3) is 0.0833. The van der Waals surface area contributed by atoms with Gasteiger partial charge in [0.15, 0.2) is 5.11 Å². The third kappa shape index (κ3) is 3.45. The number of benzene rings is 1. The Morgan fingerprint density at radius 1 is 1.20 bits per heavy atom. The summed E-state index contributed by atoms with van der Waals surface area (Å²) in [6.45, 7) is 0.508. The first kappa shape index (κ1) is 13.8. The second-order valence-corrected chi connectivity index (χ2v) is 4.40. The highest BCUT2D eigenvalue weighted by Crippen LogP contribution is 2.05. The van der Waals surface area contributed by atoms with E-state index in [1.807, 2.05) is 30.3 Å². The minimum atomic E-state index is -0.666. The van der Waals surface area contributed by atoms with Crippen molar-refractivity contribution in [2.75, 3.05) is 11.1 Å². The van der Waals surface area contributed by atoms with Crippen LogP contribution in [0.15, 0.2) is 39.9 Å². The molecule has 2 aromatic rings. The molecule has 0 aliphatic rings. The maximum absolute atomic E-state index is 11.6. The van der Waals surface area contributed by atoms with E-state index >= 15 is 0 Å². The van der Waals surface area contributed by atoms with E-state index in [4.69, 9.17) is 18.0 Å². The lowest BCUT2D eigenvalue weighted by Gasteiger charge is -2.11. The van der Waals surface area contributed by atoms with Gasteiger partial charge in [-0.15, -0.1) is 0 Å². The van der Waals surface area contributed by atoms with Crippen molar-refractivity contribution in [3.63, 3.8) is 0 Å². The Morgan fingerprint density at radius 2 is 1.90 bits per heavy atom. The number of H-pyrrole nitrogens is 2. The van der Waals surface area contributed by atoms with Gasteiger partial charge in [0.25, 0.3) is 5.56 Å². The van der Waals surface area contributed by atoms with E-state index in [1.165, 1.54) is 0 Å². The number of aromatic nitrogens is 2. The second kappa shape index (κ2) is 6.02. The molecule has 0 atom stereocenters. The van der Waals surface area contributed by atoms with Crippen molar-refractivity contribution in [2.45, 2.75) is 6.54 Å². The predicted molar refractivity (Wildman–Crippen MR) is 81.6 cm³/mol. The second-order valence-electron chi connectivity index (χ2n) is 3.99. The SMILES string of the molecule is Nc1[nH]c(=O)[nH]c(=O)c1NC(=S)NCc1ccccc1. The molecule has 8 heteroatoms. The third-order valence-electron chi connectivity index (χ3n) is 2.51. The zero-order chi connectivity index (χ0) is 14.5. The summed E-state index contributed by atoms with van der Waals surface area (Å²) in [6.07, 6.45) is 0.